The predicted molar refractivity (Wildman–Crippen MR) is 55.8 cm³/mol. The van der Waals surface area contributed by atoms with Gasteiger partial charge in [-0.25, -0.2) is 0 Å². The molecular formula is C10H9ClN2O. The highest BCUT2D eigenvalue weighted by Gasteiger charge is 2.05. The molecule has 0 N–H and O–H groups in total. The first-order valence-electron chi connectivity index (χ1n) is 4.18. The SMILES string of the molecule is COc1cc2nncc(C)c2cc1Cl. The molecule has 0 radical (unpaired) electrons. The lowest BCUT2D eigenvalue weighted by Crippen LogP contribution is -1.90. The van der Waals surface area contributed by atoms with Crippen molar-refractivity contribution in [2.24, 2.45) is 0 Å². The molecule has 4 heteroatoms. The van der Waals surface area contributed by atoms with Crippen LogP contribution in [0.3, 0.4) is 0 Å². The first-order valence-corrected chi connectivity index (χ1v) is 4.55. The molecular weight excluding hydrogens is 200 g/mol. The number of nitrogens with zero attached hydrogens (tertiary/aromatic N) is 2. The Bertz CT molecular complexity index is 485. The van der Waals surface area contributed by atoms with Gasteiger partial charge in [0.05, 0.1) is 23.8 Å². The van der Waals surface area contributed by atoms with Crippen LogP contribution in [0.4, 0.5) is 0 Å². The van der Waals surface area contributed by atoms with Crippen LogP contribution in [0.2, 0.25) is 5.02 Å². The fourth-order valence-corrected chi connectivity index (χ4v) is 1.59. The van der Waals surface area contributed by atoms with E-state index in [0.29, 0.717) is 10.8 Å². The molecule has 2 aromatic rings. The van der Waals surface area contributed by atoms with Crippen molar-refractivity contribution in [3.05, 3.63) is 28.9 Å². The minimum atomic E-state index is 0.594. The van der Waals surface area contributed by atoms with Gasteiger partial charge in [0.25, 0.3) is 0 Å². The summed E-state index contributed by atoms with van der Waals surface area (Å²) in [5.74, 6) is 0.624. The van der Waals surface area contributed by atoms with E-state index in [4.69, 9.17) is 16.3 Å². The van der Waals surface area contributed by atoms with Crippen LogP contribution in [0, 0.1) is 6.92 Å². The average molecular weight is 209 g/mol. The van der Waals surface area contributed by atoms with Crippen molar-refractivity contribution >= 4 is 22.5 Å². The number of hydrogen-bond acceptors (Lipinski definition) is 3. The van der Waals surface area contributed by atoms with Crippen LogP contribution >= 0.6 is 11.6 Å². The van der Waals surface area contributed by atoms with Crippen LogP contribution in [0.1, 0.15) is 5.56 Å². The number of methoxy groups -OCH3 is 1. The van der Waals surface area contributed by atoms with E-state index >= 15 is 0 Å². The maximum atomic E-state index is 6.00. The molecule has 1 aromatic carbocycles. The van der Waals surface area contributed by atoms with Crippen LogP contribution in [-0.4, -0.2) is 17.3 Å². The molecule has 1 heterocycles. The zero-order valence-electron chi connectivity index (χ0n) is 7.91. The summed E-state index contributed by atoms with van der Waals surface area (Å²) >= 11 is 6.00. The summed E-state index contributed by atoms with van der Waals surface area (Å²) in [7, 11) is 1.58. The number of rotatable bonds is 1. The fourth-order valence-electron chi connectivity index (χ4n) is 1.34. The second-order valence-electron chi connectivity index (χ2n) is 3.03. The van der Waals surface area contributed by atoms with E-state index < -0.39 is 0 Å². The van der Waals surface area contributed by atoms with Gasteiger partial charge in [-0.2, -0.15) is 10.2 Å². The lowest BCUT2D eigenvalue weighted by Gasteiger charge is -2.05. The molecule has 0 aliphatic carbocycles. The Morgan fingerprint density at radius 3 is 2.86 bits per heavy atom. The Hall–Kier alpha value is -1.35. The molecule has 0 unspecified atom stereocenters. The molecule has 0 bridgehead atoms. The highest BCUT2D eigenvalue weighted by atomic mass is 35.5. The number of ether oxygens (including phenoxy) is 1. The Balaban J connectivity index is 2.79. The van der Waals surface area contributed by atoms with Gasteiger partial charge in [-0.3, -0.25) is 0 Å². The lowest BCUT2D eigenvalue weighted by molar-refractivity contribution is 0.415. The van der Waals surface area contributed by atoms with E-state index in [1.165, 1.54) is 0 Å². The number of halogens is 1. The third-order valence-corrected chi connectivity index (χ3v) is 2.41. The van der Waals surface area contributed by atoms with Crippen molar-refractivity contribution in [2.75, 3.05) is 7.11 Å². The smallest absolute Gasteiger partial charge is 0.139 e. The van der Waals surface area contributed by atoms with E-state index in [9.17, 15) is 0 Å². The van der Waals surface area contributed by atoms with Gasteiger partial charge < -0.3 is 4.74 Å². The lowest BCUT2D eigenvalue weighted by atomic mass is 10.1. The molecule has 3 nitrogen and oxygen atoms in total. The van der Waals surface area contributed by atoms with Crippen LogP contribution in [-0.2, 0) is 0 Å². The van der Waals surface area contributed by atoms with E-state index in [1.54, 1.807) is 19.4 Å². The van der Waals surface area contributed by atoms with Gasteiger partial charge in [0, 0.05) is 11.5 Å². The fraction of sp³-hybridized carbons (Fsp3) is 0.200. The summed E-state index contributed by atoms with van der Waals surface area (Å²) in [5.41, 5.74) is 1.85. The summed E-state index contributed by atoms with van der Waals surface area (Å²) in [6.45, 7) is 1.97. The molecule has 0 saturated carbocycles. The maximum Gasteiger partial charge on any atom is 0.139 e. The van der Waals surface area contributed by atoms with Crippen molar-refractivity contribution in [1.82, 2.24) is 10.2 Å². The van der Waals surface area contributed by atoms with Crippen LogP contribution in [0.5, 0.6) is 5.75 Å². The monoisotopic (exact) mass is 208 g/mol. The van der Waals surface area contributed by atoms with Crippen molar-refractivity contribution in [3.63, 3.8) is 0 Å². The largest absolute Gasteiger partial charge is 0.495 e. The third-order valence-electron chi connectivity index (χ3n) is 2.11. The van der Waals surface area contributed by atoms with Crippen LogP contribution in [0.25, 0.3) is 10.9 Å². The topological polar surface area (TPSA) is 35.0 Å². The standard InChI is InChI=1S/C10H9ClN2O/c1-6-5-12-13-9-4-10(14-2)8(11)3-7(6)9/h3-5H,1-2H3. The first kappa shape index (κ1) is 9.21. The van der Waals surface area contributed by atoms with Crippen molar-refractivity contribution < 1.29 is 4.74 Å². The number of hydrogen-bond donors (Lipinski definition) is 0. The third kappa shape index (κ3) is 1.40. The first-order chi connectivity index (χ1) is 6.72. The molecule has 0 fully saturated rings. The summed E-state index contributed by atoms with van der Waals surface area (Å²) < 4.78 is 5.09. The molecule has 0 atom stereocenters. The van der Waals surface area contributed by atoms with Crippen LogP contribution in [0.15, 0.2) is 18.3 Å². The van der Waals surface area contributed by atoms with Crippen molar-refractivity contribution in [2.45, 2.75) is 6.92 Å². The molecule has 0 amide bonds. The summed E-state index contributed by atoms with van der Waals surface area (Å²) in [6, 6.07) is 3.64. The Morgan fingerprint density at radius 1 is 1.36 bits per heavy atom. The van der Waals surface area contributed by atoms with Gasteiger partial charge in [0.15, 0.2) is 0 Å². The maximum absolute atomic E-state index is 6.00. The number of benzene rings is 1. The van der Waals surface area contributed by atoms with Crippen molar-refractivity contribution in [3.8, 4) is 5.75 Å². The summed E-state index contributed by atoms with van der Waals surface area (Å²) in [6.07, 6.45) is 1.71. The highest BCUT2D eigenvalue weighted by molar-refractivity contribution is 6.32. The molecule has 72 valence electrons. The van der Waals surface area contributed by atoms with E-state index in [0.717, 1.165) is 16.5 Å². The Labute approximate surface area is 86.7 Å². The van der Waals surface area contributed by atoms with Gasteiger partial charge in [-0.05, 0) is 18.6 Å². The highest BCUT2D eigenvalue weighted by Crippen LogP contribution is 2.29. The van der Waals surface area contributed by atoms with Gasteiger partial charge in [0.2, 0.25) is 0 Å². The van der Waals surface area contributed by atoms with Crippen LogP contribution < -0.4 is 4.74 Å². The summed E-state index contributed by atoms with van der Waals surface area (Å²) in [4.78, 5) is 0. The molecule has 0 aliphatic rings. The average Bonchev–Trinajstić information content (AvgIpc) is 2.19. The van der Waals surface area contributed by atoms with Gasteiger partial charge in [0.1, 0.15) is 5.75 Å². The second-order valence-corrected chi connectivity index (χ2v) is 3.44. The van der Waals surface area contributed by atoms with Crippen molar-refractivity contribution in [1.29, 1.82) is 0 Å². The molecule has 0 saturated heterocycles. The summed E-state index contributed by atoms with van der Waals surface area (Å²) in [5, 5.41) is 9.47. The second kappa shape index (κ2) is 3.42. The molecule has 0 spiro atoms. The number of fused-ring (bicyclic) bond motifs is 1. The van der Waals surface area contributed by atoms with E-state index in [1.807, 2.05) is 13.0 Å². The minimum absolute atomic E-state index is 0.594. The number of aryl methyl sites for hydroxylation is 1. The van der Waals surface area contributed by atoms with Gasteiger partial charge in [-0.1, -0.05) is 11.6 Å². The zero-order valence-corrected chi connectivity index (χ0v) is 8.67. The zero-order chi connectivity index (χ0) is 10.1. The van der Waals surface area contributed by atoms with E-state index in [2.05, 4.69) is 10.2 Å². The Kier molecular flexibility index (Phi) is 2.25. The molecule has 2 rings (SSSR count). The normalized spacial score (nSPS) is 10.5. The van der Waals surface area contributed by atoms with Gasteiger partial charge in [-0.15, -0.1) is 0 Å². The Morgan fingerprint density at radius 2 is 2.14 bits per heavy atom. The molecule has 0 aliphatic heterocycles. The predicted octanol–water partition coefficient (Wildman–Crippen LogP) is 2.60. The number of aromatic nitrogens is 2. The quantitative estimate of drug-likeness (QED) is 0.723. The molecule has 1 aromatic heterocycles. The minimum Gasteiger partial charge on any atom is -0.495 e. The molecule has 14 heavy (non-hydrogen) atoms. The van der Waals surface area contributed by atoms with Gasteiger partial charge >= 0.3 is 0 Å². The van der Waals surface area contributed by atoms with E-state index in [-0.39, 0.29) is 0 Å².